The third kappa shape index (κ3) is 2.50. The molecule has 1 aliphatic rings. The summed E-state index contributed by atoms with van der Waals surface area (Å²) in [5.41, 5.74) is 2.64. The van der Waals surface area contributed by atoms with Gasteiger partial charge in [0, 0.05) is 36.8 Å². The lowest BCUT2D eigenvalue weighted by Crippen LogP contribution is -2.41. The maximum Gasteiger partial charge on any atom is 0.0601 e. The zero-order valence-corrected chi connectivity index (χ0v) is 10.8. The van der Waals surface area contributed by atoms with Crippen LogP contribution in [0.1, 0.15) is 12.5 Å². The highest BCUT2D eigenvalue weighted by molar-refractivity contribution is 7.99. The predicted molar refractivity (Wildman–Crippen MR) is 71.1 cm³/mol. The van der Waals surface area contributed by atoms with E-state index in [2.05, 4.69) is 28.2 Å². The minimum absolute atomic E-state index is 0.610. The topological polar surface area (TPSA) is 28.2 Å². The van der Waals surface area contributed by atoms with Gasteiger partial charge in [-0.3, -0.25) is 4.98 Å². The van der Waals surface area contributed by atoms with E-state index in [9.17, 15) is 0 Å². The average Bonchev–Trinajstić information content (AvgIpc) is 2.31. The first-order valence-corrected chi connectivity index (χ1v) is 6.90. The largest absolute Gasteiger partial charge is 0.366 e. The summed E-state index contributed by atoms with van der Waals surface area (Å²) >= 11 is 2.04. The van der Waals surface area contributed by atoms with Gasteiger partial charge in [0.15, 0.2) is 0 Å². The highest BCUT2D eigenvalue weighted by Crippen LogP contribution is 2.26. The van der Waals surface area contributed by atoms with Gasteiger partial charge in [-0.15, -0.1) is 0 Å². The number of nitrogens with zero attached hydrogens (tertiary/aromatic N) is 2. The molecule has 0 aromatic carbocycles. The van der Waals surface area contributed by atoms with Crippen LogP contribution in [0.5, 0.6) is 0 Å². The van der Waals surface area contributed by atoms with Crippen LogP contribution < -0.4 is 10.2 Å². The van der Waals surface area contributed by atoms with Gasteiger partial charge >= 0.3 is 0 Å². The molecular weight excluding hydrogens is 218 g/mol. The second-order valence-electron chi connectivity index (χ2n) is 4.15. The van der Waals surface area contributed by atoms with Gasteiger partial charge in [-0.05, 0) is 25.6 Å². The Morgan fingerprint density at radius 2 is 2.50 bits per heavy atom. The van der Waals surface area contributed by atoms with Crippen LogP contribution in [0.15, 0.2) is 18.5 Å². The molecule has 0 spiro atoms. The van der Waals surface area contributed by atoms with Gasteiger partial charge in [0.2, 0.25) is 0 Å². The second kappa shape index (κ2) is 5.55. The van der Waals surface area contributed by atoms with E-state index >= 15 is 0 Å². The monoisotopic (exact) mass is 237 g/mol. The molecule has 1 aliphatic heterocycles. The molecule has 16 heavy (non-hydrogen) atoms. The summed E-state index contributed by atoms with van der Waals surface area (Å²) in [6, 6.07) is 2.72. The van der Waals surface area contributed by atoms with Gasteiger partial charge in [-0.2, -0.15) is 11.8 Å². The number of rotatable bonds is 3. The van der Waals surface area contributed by atoms with Gasteiger partial charge in [0.1, 0.15) is 0 Å². The summed E-state index contributed by atoms with van der Waals surface area (Å²) < 4.78 is 0. The van der Waals surface area contributed by atoms with Crippen LogP contribution in [0.2, 0.25) is 0 Å². The summed E-state index contributed by atoms with van der Waals surface area (Å²) in [6.07, 6.45) is 3.87. The van der Waals surface area contributed by atoms with Crippen LogP contribution in [0.25, 0.3) is 0 Å². The Hall–Kier alpha value is -0.740. The second-order valence-corrected chi connectivity index (χ2v) is 5.30. The Bertz CT molecular complexity index is 343. The van der Waals surface area contributed by atoms with E-state index in [-0.39, 0.29) is 0 Å². The fourth-order valence-electron chi connectivity index (χ4n) is 2.10. The van der Waals surface area contributed by atoms with E-state index in [4.69, 9.17) is 0 Å². The van der Waals surface area contributed by atoms with Gasteiger partial charge in [-0.25, -0.2) is 0 Å². The van der Waals surface area contributed by atoms with Crippen LogP contribution in [0.3, 0.4) is 0 Å². The van der Waals surface area contributed by atoms with E-state index in [1.54, 1.807) is 0 Å². The Balaban J connectivity index is 2.23. The molecule has 1 aromatic heterocycles. The van der Waals surface area contributed by atoms with Crippen molar-refractivity contribution in [1.82, 2.24) is 10.3 Å². The minimum Gasteiger partial charge on any atom is -0.366 e. The molecular formula is C12H19N3S. The van der Waals surface area contributed by atoms with Gasteiger partial charge in [0.25, 0.3) is 0 Å². The maximum atomic E-state index is 4.26. The summed E-state index contributed by atoms with van der Waals surface area (Å²) in [5.74, 6) is 2.44. The Kier molecular flexibility index (Phi) is 4.07. The van der Waals surface area contributed by atoms with E-state index in [1.165, 1.54) is 22.8 Å². The maximum absolute atomic E-state index is 4.26. The van der Waals surface area contributed by atoms with Crippen molar-refractivity contribution in [3.8, 4) is 0 Å². The lowest BCUT2D eigenvalue weighted by Gasteiger charge is -2.36. The van der Waals surface area contributed by atoms with Crippen LogP contribution in [-0.4, -0.2) is 36.1 Å². The lowest BCUT2D eigenvalue weighted by atomic mass is 10.1. The number of nitrogens with one attached hydrogen (secondary N) is 1. The average molecular weight is 237 g/mol. The summed E-state index contributed by atoms with van der Waals surface area (Å²) in [4.78, 5) is 6.74. The fraction of sp³-hybridized carbons (Fsp3) is 0.583. The Labute approximate surface area is 102 Å². The highest BCUT2D eigenvalue weighted by Gasteiger charge is 2.20. The first-order valence-electron chi connectivity index (χ1n) is 5.75. The van der Waals surface area contributed by atoms with Crippen LogP contribution in [0.4, 0.5) is 5.69 Å². The number of hydrogen-bond donors (Lipinski definition) is 1. The molecule has 4 heteroatoms. The van der Waals surface area contributed by atoms with Crippen molar-refractivity contribution < 1.29 is 0 Å². The molecule has 1 N–H and O–H groups in total. The third-order valence-electron chi connectivity index (χ3n) is 2.93. The number of pyridine rings is 1. The van der Waals surface area contributed by atoms with Crippen LogP contribution >= 0.6 is 11.8 Å². The highest BCUT2D eigenvalue weighted by atomic mass is 32.2. The van der Waals surface area contributed by atoms with Crippen molar-refractivity contribution in [2.75, 3.05) is 30.0 Å². The first kappa shape index (κ1) is 11.7. The molecule has 88 valence electrons. The molecule has 1 aromatic rings. The predicted octanol–water partition coefficient (Wildman–Crippen LogP) is 1.74. The van der Waals surface area contributed by atoms with Crippen molar-refractivity contribution in [2.45, 2.75) is 19.5 Å². The molecule has 1 fully saturated rings. The molecule has 0 bridgehead atoms. The molecule has 1 unspecified atom stereocenters. The Morgan fingerprint density at radius 1 is 1.62 bits per heavy atom. The zero-order valence-electron chi connectivity index (χ0n) is 9.94. The van der Waals surface area contributed by atoms with E-state index in [0.29, 0.717) is 6.04 Å². The molecule has 0 amide bonds. The molecule has 0 radical (unpaired) electrons. The van der Waals surface area contributed by atoms with E-state index < -0.39 is 0 Å². The van der Waals surface area contributed by atoms with Crippen LogP contribution in [-0.2, 0) is 6.54 Å². The quantitative estimate of drug-likeness (QED) is 0.867. The number of aromatic nitrogens is 1. The number of anilines is 1. The first-order chi connectivity index (χ1) is 7.83. The normalized spacial score (nSPS) is 21.1. The molecule has 1 atom stereocenters. The van der Waals surface area contributed by atoms with E-state index in [0.717, 1.165) is 13.1 Å². The van der Waals surface area contributed by atoms with Crippen molar-refractivity contribution in [3.05, 3.63) is 24.0 Å². The van der Waals surface area contributed by atoms with Crippen molar-refractivity contribution in [3.63, 3.8) is 0 Å². The summed E-state index contributed by atoms with van der Waals surface area (Å²) in [7, 11) is 1.99. The van der Waals surface area contributed by atoms with Gasteiger partial charge < -0.3 is 10.2 Å². The van der Waals surface area contributed by atoms with Crippen molar-refractivity contribution in [2.24, 2.45) is 0 Å². The molecule has 2 heterocycles. The summed E-state index contributed by atoms with van der Waals surface area (Å²) in [5, 5.41) is 3.22. The van der Waals surface area contributed by atoms with Crippen molar-refractivity contribution >= 4 is 17.4 Å². The van der Waals surface area contributed by atoms with Crippen molar-refractivity contribution in [1.29, 1.82) is 0 Å². The summed E-state index contributed by atoms with van der Waals surface area (Å²) in [6.45, 7) is 4.34. The lowest BCUT2D eigenvalue weighted by molar-refractivity contribution is 0.689. The molecule has 3 nitrogen and oxygen atoms in total. The zero-order chi connectivity index (χ0) is 11.4. The van der Waals surface area contributed by atoms with Gasteiger partial charge in [0.05, 0.1) is 11.9 Å². The number of thioether (sulfide) groups is 1. The SMILES string of the molecule is CNCc1ccncc1N1CCSCC1C. The van der Waals surface area contributed by atoms with Crippen LogP contribution in [0, 0.1) is 0 Å². The smallest absolute Gasteiger partial charge is 0.0601 e. The van der Waals surface area contributed by atoms with Gasteiger partial charge in [-0.1, -0.05) is 0 Å². The third-order valence-corrected chi connectivity index (χ3v) is 4.12. The van der Waals surface area contributed by atoms with E-state index in [1.807, 2.05) is 31.2 Å². The molecule has 0 saturated carbocycles. The molecule has 2 rings (SSSR count). The molecule has 1 saturated heterocycles. The molecule has 0 aliphatic carbocycles. The number of hydrogen-bond acceptors (Lipinski definition) is 4. The Morgan fingerprint density at radius 3 is 3.25 bits per heavy atom. The standard InChI is InChI=1S/C12H19N3S/c1-10-9-16-6-5-15(10)12-8-14-4-3-11(12)7-13-2/h3-4,8,10,13H,5-7,9H2,1-2H3. The minimum atomic E-state index is 0.610. The fourth-order valence-corrected chi connectivity index (χ4v) is 3.11.